The van der Waals surface area contributed by atoms with Gasteiger partial charge in [0.2, 0.25) is 5.91 Å². The van der Waals surface area contributed by atoms with E-state index in [1.54, 1.807) is 0 Å². The molecule has 4 rings (SSSR count). The van der Waals surface area contributed by atoms with Gasteiger partial charge in [-0.1, -0.05) is 61.4 Å². The molecule has 0 heterocycles. The molecule has 0 spiro atoms. The van der Waals surface area contributed by atoms with Crippen LogP contribution in [0, 0.1) is 0 Å². The molecule has 1 atom stereocenters. The third kappa shape index (κ3) is 5.65. The van der Waals surface area contributed by atoms with Gasteiger partial charge in [-0.2, -0.15) is 0 Å². The number of aliphatic carboxylic acids is 1. The Morgan fingerprint density at radius 2 is 1.60 bits per heavy atom. The standard InChI is InChI=1S/C27H32N2O6/c30-16-15-27(13-5-6-14-27)29-25(33)23(11-12-24(31)32)28-26(34)35-17-22-20-9-3-1-7-18(20)19-8-2-4-10-21(19)22/h1-4,7-10,22-23,30H,5-6,11-17H2,(H,28,34)(H,29,33)(H,31,32). The highest BCUT2D eigenvalue weighted by atomic mass is 16.5. The smallest absolute Gasteiger partial charge is 0.407 e. The first-order valence-electron chi connectivity index (χ1n) is 12.2. The fourth-order valence-corrected chi connectivity index (χ4v) is 5.37. The van der Waals surface area contributed by atoms with Gasteiger partial charge in [-0.3, -0.25) is 9.59 Å². The summed E-state index contributed by atoms with van der Waals surface area (Å²) in [4.78, 5) is 36.9. The molecular formula is C27H32N2O6. The first kappa shape index (κ1) is 24.7. The summed E-state index contributed by atoms with van der Waals surface area (Å²) < 4.78 is 5.55. The summed E-state index contributed by atoms with van der Waals surface area (Å²) in [5, 5.41) is 24.1. The van der Waals surface area contributed by atoms with Crippen molar-refractivity contribution in [2.75, 3.05) is 13.2 Å². The lowest BCUT2D eigenvalue weighted by atomic mass is 9.93. The van der Waals surface area contributed by atoms with E-state index in [1.165, 1.54) is 0 Å². The van der Waals surface area contributed by atoms with Gasteiger partial charge in [-0.15, -0.1) is 0 Å². The Morgan fingerprint density at radius 3 is 2.17 bits per heavy atom. The van der Waals surface area contributed by atoms with Gasteiger partial charge in [0.1, 0.15) is 12.6 Å². The van der Waals surface area contributed by atoms with Crippen molar-refractivity contribution in [3.8, 4) is 11.1 Å². The average Bonchev–Trinajstić information content (AvgIpc) is 3.43. The Kier molecular flexibility index (Phi) is 7.70. The lowest BCUT2D eigenvalue weighted by Gasteiger charge is -2.32. The minimum Gasteiger partial charge on any atom is -0.481 e. The second-order valence-electron chi connectivity index (χ2n) is 9.41. The molecule has 8 nitrogen and oxygen atoms in total. The van der Waals surface area contributed by atoms with Crippen LogP contribution in [0.5, 0.6) is 0 Å². The van der Waals surface area contributed by atoms with Crippen LogP contribution in [0.1, 0.15) is 62.0 Å². The van der Waals surface area contributed by atoms with Gasteiger partial charge >= 0.3 is 12.1 Å². The van der Waals surface area contributed by atoms with E-state index in [1.807, 2.05) is 48.5 Å². The van der Waals surface area contributed by atoms with Gasteiger partial charge < -0.3 is 25.6 Å². The summed E-state index contributed by atoms with van der Waals surface area (Å²) >= 11 is 0. The van der Waals surface area contributed by atoms with Crippen molar-refractivity contribution in [2.45, 2.75) is 62.4 Å². The third-order valence-corrected chi connectivity index (χ3v) is 7.14. The van der Waals surface area contributed by atoms with Crippen molar-refractivity contribution >= 4 is 18.0 Å². The number of benzene rings is 2. The van der Waals surface area contributed by atoms with Gasteiger partial charge in [0, 0.05) is 24.5 Å². The maximum absolute atomic E-state index is 13.1. The normalized spacial score (nSPS) is 16.7. The number of nitrogens with one attached hydrogen (secondary N) is 2. The fourth-order valence-electron chi connectivity index (χ4n) is 5.37. The molecule has 1 fully saturated rings. The number of rotatable bonds is 10. The molecule has 2 aromatic carbocycles. The molecule has 186 valence electrons. The number of carbonyl (C=O) groups is 3. The Labute approximate surface area is 204 Å². The van der Waals surface area contributed by atoms with Crippen molar-refractivity contribution in [3.63, 3.8) is 0 Å². The largest absolute Gasteiger partial charge is 0.481 e. The van der Waals surface area contributed by atoms with Crippen molar-refractivity contribution in [3.05, 3.63) is 59.7 Å². The number of aliphatic hydroxyl groups is 1. The molecular weight excluding hydrogens is 448 g/mol. The predicted molar refractivity (Wildman–Crippen MR) is 130 cm³/mol. The van der Waals surface area contributed by atoms with E-state index < -0.39 is 29.6 Å². The van der Waals surface area contributed by atoms with Gasteiger partial charge in [0.05, 0.1) is 0 Å². The molecule has 8 heteroatoms. The van der Waals surface area contributed by atoms with Crippen LogP contribution in [-0.2, 0) is 14.3 Å². The molecule has 0 aliphatic heterocycles. The molecule has 1 unspecified atom stereocenters. The molecule has 0 radical (unpaired) electrons. The van der Waals surface area contributed by atoms with E-state index in [2.05, 4.69) is 10.6 Å². The minimum atomic E-state index is -1.05. The second kappa shape index (κ2) is 10.9. The van der Waals surface area contributed by atoms with Crippen molar-refractivity contribution < 1.29 is 29.3 Å². The lowest BCUT2D eigenvalue weighted by Crippen LogP contribution is -2.55. The highest BCUT2D eigenvalue weighted by Crippen LogP contribution is 2.44. The average molecular weight is 481 g/mol. The predicted octanol–water partition coefficient (Wildman–Crippen LogP) is 3.57. The number of hydrogen-bond acceptors (Lipinski definition) is 5. The summed E-state index contributed by atoms with van der Waals surface area (Å²) in [7, 11) is 0. The summed E-state index contributed by atoms with van der Waals surface area (Å²) in [6, 6.07) is 15.0. The summed E-state index contributed by atoms with van der Waals surface area (Å²) in [5.41, 5.74) is 3.86. The molecule has 2 amide bonds. The zero-order valence-corrected chi connectivity index (χ0v) is 19.7. The molecule has 0 bridgehead atoms. The first-order valence-corrected chi connectivity index (χ1v) is 12.2. The van der Waals surface area contributed by atoms with Crippen LogP contribution in [0.25, 0.3) is 11.1 Å². The van der Waals surface area contributed by atoms with Gasteiger partial charge in [-0.25, -0.2) is 4.79 Å². The zero-order valence-electron chi connectivity index (χ0n) is 19.7. The van der Waals surface area contributed by atoms with Gasteiger partial charge in [0.25, 0.3) is 0 Å². The van der Waals surface area contributed by atoms with Gasteiger partial charge in [0.15, 0.2) is 0 Å². The van der Waals surface area contributed by atoms with Crippen molar-refractivity contribution in [2.24, 2.45) is 0 Å². The number of carbonyl (C=O) groups excluding carboxylic acids is 2. The third-order valence-electron chi connectivity index (χ3n) is 7.14. The molecule has 35 heavy (non-hydrogen) atoms. The Balaban J connectivity index is 1.42. The SMILES string of the molecule is O=C(O)CCC(NC(=O)OCC1c2ccccc2-c2ccccc21)C(=O)NC1(CCO)CCCC1. The number of carboxylic acids is 1. The Bertz CT molecular complexity index is 1030. The van der Waals surface area contributed by atoms with E-state index >= 15 is 0 Å². The van der Waals surface area contributed by atoms with E-state index in [9.17, 15) is 19.5 Å². The van der Waals surface area contributed by atoms with Crippen molar-refractivity contribution in [1.29, 1.82) is 0 Å². The number of alkyl carbamates (subject to hydrolysis) is 1. The maximum atomic E-state index is 13.1. The monoisotopic (exact) mass is 480 g/mol. The zero-order chi connectivity index (χ0) is 24.8. The number of ether oxygens (including phenoxy) is 1. The number of hydrogen-bond donors (Lipinski definition) is 4. The molecule has 2 aliphatic carbocycles. The van der Waals surface area contributed by atoms with Crippen LogP contribution in [0.2, 0.25) is 0 Å². The number of carboxylic acid groups (broad SMARTS) is 1. The minimum absolute atomic E-state index is 0.0550. The lowest BCUT2D eigenvalue weighted by molar-refractivity contribution is -0.137. The number of fused-ring (bicyclic) bond motifs is 3. The number of aliphatic hydroxyl groups excluding tert-OH is 1. The Morgan fingerprint density at radius 1 is 1.00 bits per heavy atom. The molecule has 2 aliphatic rings. The molecule has 1 saturated carbocycles. The van der Waals surface area contributed by atoms with Crippen LogP contribution < -0.4 is 10.6 Å². The van der Waals surface area contributed by atoms with Crippen LogP contribution in [0.4, 0.5) is 4.79 Å². The van der Waals surface area contributed by atoms with Crippen LogP contribution in [0.3, 0.4) is 0 Å². The summed E-state index contributed by atoms with van der Waals surface area (Å²) in [6.07, 6.45) is 2.72. The maximum Gasteiger partial charge on any atom is 0.407 e. The van der Waals surface area contributed by atoms with E-state index in [0.29, 0.717) is 6.42 Å². The van der Waals surface area contributed by atoms with E-state index in [0.717, 1.165) is 47.9 Å². The molecule has 0 aromatic heterocycles. The topological polar surface area (TPSA) is 125 Å². The Hall–Kier alpha value is -3.39. The van der Waals surface area contributed by atoms with E-state index in [-0.39, 0.29) is 32.0 Å². The molecule has 0 saturated heterocycles. The highest BCUT2D eigenvalue weighted by Gasteiger charge is 2.37. The van der Waals surface area contributed by atoms with Crippen molar-refractivity contribution in [1.82, 2.24) is 10.6 Å². The molecule has 2 aromatic rings. The quantitative estimate of drug-likeness (QED) is 0.412. The van der Waals surface area contributed by atoms with Gasteiger partial charge in [-0.05, 0) is 47.9 Å². The van der Waals surface area contributed by atoms with Crippen LogP contribution >= 0.6 is 0 Å². The van der Waals surface area contributed by atoms with E-state index in [4.69, 9.17) is 9.84 Å². The first-order chi connectivity index (χ1) is 16.9. The summed E-state index contributed by atoms with van der Waals surface area (Å²) in [5.74, 6) is -1.62. The molecule has 4 N–H and O–H groups in total. The second-order valence-corrected chi connectivity index (χ2v) is 9.41. The number of amides is 2. The van der Waals surface area contributed by atoms with Crippen LogP contribution in [0.15, 0.2) is 48.5 Å². The summed E-state index contributed by atoms with van der Waals surface area (Å²) in [6.45, 7) is 0.0431. The highest BCUT2D eigenvalue weighted by molar-refractivity contribution is 5.87. The fraction of sp³-hybridized carbons (Fsp3) is 0.444. The van der Waals surface area contributed by atoms with Crippen LogP contribution in [-0.4, -0.2) is 53.0 Å².